The lowest BCUT2D eigenvalue weighted by molar-refractivity contribution is 0.212. The molecule has 0 bridgehead atoms. The molecule has 1 aromatic rings. The Morgan fingerprint density at radius 1 is 1.40 bits per heavy atom. The summed E-state index contributed by atoms with van der Waals surface area (Å²) in [5, 5.41) is 0.381. The zero-order valence-corrected chi connectivity index (χ0v) is 10.7. The van der Waals surface area contributed by atoms with E-state index in [9.17, 15) is 9.46 Å². The minimum atomic E-state index is -3.68. The van der Waals surface area contributed by atoms with Gasteiger partial charge in [-0.1, -0.05) is 12.1 Å². The van der Waals surface area contributed by atoms with Crippen molar-refractivity contribution in [2.45, 2.75) is 24.8 Å². The molecule has 1 rings (SSSR count). The smallest absolute Gasteiger partial charge is 0.321 e. The molecule has 84 valence electrons. The summed E-state index contributed by atoms with van der Waals surface area (Å²) in [6, 6.07) is 7.02. The summed E-state index contributed by atoms with van der Waals surface area (Å²) in [7, 11) is -3.68. The Kier molecular flexibility index (Phi) is 4.41. The van der Waals surface area contributed by atoms with Gasteiger partial charge in [-0.2, -0.15) is 0 Å². The number of hydrogen-bond donors (Lipinski definition) is 1. The Morgan fingerprint density at radius 2 is 2.00 bits per heavy atom. The van der Waals surface area contributed by atoms with E-state index < -0.39 is 7.60 Å². The molecule has 0 aliphatic carbocycles. The van der Waals surface area contributed by atoms with E-state index in [0.29, 0.717) is 5.30 Å². The summed E-state index contributed by atoms with van der Waals surface area (Å²) in [5.41, 5.74) is 0. The van der Waals surface area contributed by atoms with Gasteiger partial charge in [-0.25, -0.2) is 0 Å². The molecule has 5 heteroatoms. The van der Waals surface area contributed by atoms with Crippen molar-refractivity contribution in [1.82, 2.24) is 0 Å². The highest BCUT2D eigenvalue weighted by molar-refractivity contribution is 7.99. The lowest BCUT2D eigenvalue weighted by Crippen LogP contribution is -2.12. The van der Waals surface area contributed by atoms with Crippen molar-refractivity contribution in [2.24, 2.45) is 0 Å². The molecule has 1 atom stereocenters. The van der Waals surface area contributed by atoms with Crippen LogP contribution in [0.5, 0.6) is 0 Å². The first-order chi connectivity index (χ1) is 6.97. The van der Waals surface area contributed by atoms with Gasteiger partial charge in [-0.3, -0.25) is 4.57 Å². The number of benzene rings is 1. The first kappa shape index (κ1) is 12.8. The number of rotatable bonds is 4. The third-order valence-electron chi connectivity index (χ3n) is 1.74. The minimum absolute atomic E-state index is 0.268. The largest absolute Gasteiger partial charge is 0.360 e. The van der Waals surface area contributed by atoms with Gasteiger partial charge in [-0.05, 0) is 32.2 Å². The van der Waals surface area contributed by atoms with Gasteiger partial charge < -0.3 is 9.42 Å². The Morgan fingerprint density at radius 3 is 2.53 bits per heavy atom. The van der Waals surface area contributed by atoms with Crippen molar-refractivity contribution >= 4 is 24.7 Å². The summed E-state index contributed by atoms with van der Waals surface area (Å²) < 4.78 is 17.0. The minimum Gasteiger partial charge on any atom is -0.321 e. The maximum Gasteiger partial charge on any atom is 0.360 e. The molecule has 0 saturated heterocycles. The second kappa shape index (κ2) is 5.17. The van der Waals surface area contributed by atoms with Crippen molar-refractivity contribution in [1.29, 1.82) is 0 Å². The molecule has 1 aromatic carbocycles. The summed E-state index contributed by atoms with van der Waals surface area (Å²) >= 11 is 1.44. The fourth-order valence-corrected chi connectivity index (χ4v) is 3.63. The van der Waals surface area contributed by atoms with E-state index in [2.05, 4.69) is 0 Å². The first-order valence-corrected chi connectivity index (χ1v) is 7.42. The van der Waals surface area contributed by atoms with Crippen molar-refractivity contribution in [2.75, 3.05) is 6.26 Å². The van der Waals surface area contributed by atoms with Crippen LogP contribution in [0.1, 0.15) is 13.8 Å². The predicted molar refractivity (Wildman–Crippen MR) is 63.9 cm³/mol. The monoisotopic (exact) mass is 246 g/mol. The molecule has 0 aromatic heterocycles. The van der Waals surface area contributed by atoms with E-state index in [1.165, 1.54) is 11.8 Å². The maximum atomic E-state index is 11.9. The Labute approximate surface area is 94.4 Å². The summed E-state index contributed by atoms with van der Waals surface area (Å²) in [4.78, 5) is 10.6. The van der Waals surface area contributed by atoms with Crippen LogP contribution in [0.4, 0.5) is 0 Å². The summed E-state index contributed by atoms with van der Waals surface area (Å²) in [6.07, 6.45) is 1.60. The van der Waals surface area contributed by atoms with E-state index >= 15 is 0 Å². The van der Waals surface area contributed by atoms with Crippen molar-refractivity contribution in [3.8, 4) is 0 Å². The Balaban J connectivity index is 3.08. The molecule has 0 aliphatic heterocycles. The zero-order chi connectivity index (χ0) is 11.5. The van der Waals surface area contributed by atoms with E-state index in [4.69, 9.17) is 4.52 Å². The zero-order valence-electron chi connectivity index (χ0n) is 9.01. The van der Waals surface area contributed by atoms with Crippen LogP contribution in [-0.2, 0) is 9.09 Å². The molecule has 0 radical (unpaired) electrons. The van der Waals surface area contributed by atoms with Crippen LogP contribution in [0.25, 0.3) is 0 Å². The molecule has 3 nitrogen and oxygen atoms in total. The SMILES string of the molecule is CSc1ccccc1P(=O)(O)OC(C)C. The van der Waals surface area contributed by atoms with E-state index in [1.54, 1.807) is 26.0 Å². The highest BCUT2D eigenvalue weighted by atomic mass is 32.2. The van der Waals surface area contributed by atoms with Gasteiger partial charge >= 0.3 is 7.60 Å². The lowest BCUT2D eigenvalue weighted by atomic mass is 10.4. The van der Waals surface area contributed by atoms with E-state index in [-0.39, 0.29) is 6.10 Å². The van der Waals surface area contributed by atoms with E-state index in [0.717, 1.165) is 4.90 Å². The molecule has 0 fully saturated rings. The summed E-state index contributed by atoms with van der Waals surface area (Å²) in [6.45, 7) is 3.48. The third-order valence-corrected chi connectivity index (χ3v) is 4.40. The van der Waals surface area contributed by atoms with Crippen molar-refractivity contribution < 1.29 is 14.0 Å². The molecular weight excluding hydrogens is 231 g/mol. The fraction of sp³-hybridized carbons (Fsp3) is 0.400. The highest BCUT2D eigenvalue weighted by Crippen LogP contribution is 2.44. The summed E-state index contributed by atoms with van der Waals surface area (Å²) in [5.74, 6) is 0. The maximum absolute atomic E-state index is 11.9. The quantitative estimate of drug-likeness (QED) is 0.655. The van der Waals surface area contributed by atoms with Gasteiger partial charge in [0, 0.05) is 4.90 Å². The van der Waals surface area contributed by atoms with Crippen LogP contribution in [0.2, 0.25) is 0 Å². The highest BCUT2D eigenvalue weighted by Gasteiger charge is 2.26. The van der Waals surface area contributed by atoms with Gasteiger partial charge in [-0.15, -0.1) is 11.8 Å². The topological polar surface area (TPSA) is 46.5 Å². The lowest BCUT2D eigenvalue weighted by Gasteiger charge is -2.16. The Hall–Kier alpha value is -0.280. The second-order valence-electron chi connectivity index (χ2n) is 3.35. The molecule has 0 spiro atoms. The standard InChI is InChI=1S/C10H15O3PS/c1-8(2)13-14(11,12)9-6-4-5-7-10(9)15-3/h4-8H,1-3H3,(H,11,12). The first-order valence-electron chi connectivity index (χ1n) is 4.62. The van der Waals surface area contributed by atoms with Gasteiger partial charge in [0.05, 0.1) is 11.4 Å². The van der Waals surface area contributed by atoms with Gasteiger partial charge in [0.15, 0.2) is 0 Å². The van der Waals surface area contributed by atoms with Crippen molar-refractivity contribution in [3.05, 3.63) is 24.3 Å². The third kappa shape index (κ3) is 3.35. The molecule has 1 N–H and O–H groups in total. The van der Waals surface area contributed by atoms with Crippen molar-refractivity contribution in [3.63, 3.8) is 0 Å². The normalized spacial score (nSPS) is 15.3. The predicted octanol–water partition coefficient (Wildman–Crippen LogP) is 2.64. The number of thioether (sulfide) groups is 1. The van der Waals surface area contributed by atoms with Crippen LogP contribution in [-0.4, -0.2) is 17.3 Å². The second-order valence-corrected chi connectivity index (χ2v) is 5.93. The van der Waals surface area contributed by atoms with Gasteiger partial charge in [0.1, 0.15) is 0 Å². The van der Waals surface area contributed by atoms with E-state index in [1.807, 2.05) is 18.4 Å². The average Bonchev–Trinajstić information content (AvgIpc) is 2.16. The fourth-order valence-electron chi connectivity index (χ4n) is 1.21. The average molecular weight is 246 g/mol. The van der Waals surface area contributed by atoms with Gasteiger partial charge in [0.2, 0.25) is 0 Å². The Bertz CT molecular complexity index is 379. The van der Waals surface area contributed by atoms with Crippen LogP contribution >= 0.6 is 19.4 Å². The van der Waals surface area contributed by atoms with Crippen LogP contribution in [0, 0.1) is 0 Å². The van der Waals surface area contributed by atoms with Crippen LogP contribution in [0.15, 0.2) is 29.2 Å². The molecule has 15 heavy (non-hydrogen) atoms. The molecule has 1 unspecified atom stereocenters. The molecule has 0 aliphatic rings. The molecule has 0 saturated carbocycles. The molecule has 0 heterocycles. The van der Waals surface area contributed by atoms with Crippen LogP contribution in [0.3, 0.4) is 0 Å². The molecule has 0 amide bonds. The van der Waals surface area contributed by atoms with Crippen LogP contribution < -0.4 is 5.30 Å². The molecular formula is C10H15O3PS. The number of hydrogen-bond acceptors (Lipinski definition) is 3. The van der Waals surface area contributed by atoms with Gasteiger partial charge in [0.25, 0.3) is 0 Å².